The topological polar surface area (TPSA) is 59.1 Å². The molecule has 0 aliphatic heterocycles. The Kier molecular flexibility index (Phi) is 3.13. The molecule has 1 heterocycles. The maximum Gasteiger partial charge on any atom is 0.146 e. The van der Waals surface area contributed by atoms with E-state index in [-0.39, 0.29) is 12.3 Å². The highest BCUT2D eigenvalue weighted by molar-refractivity contribution is 5.10. The van der Waals surface area contributed by atoms with Gasteiger partial charge in [-0.3, -0.25) is 4.98 Å². The van der Waals surface area contributed by atoms with Crippen LogP contribution in [0.5, 0.6) is 0 Å². The number of nitrogens with two attached hydrogens (primary N) is 1. The van der Waals surface area contributed by atoms with Gasteiger partial charge in [0.1, 0.15) is 5.82 Å². The summed E-state index contributed by atoms with van der Waals surface area (Å²) in [5.41, 5.74) is 5.76. The van der Waals surface area contributed by atoms with Gasteiger partial charge in [-0.25, -0.2) is 4.39 Å². The van der Waals surface area contributed by atoms with E-state index in [1.165, 1.54) is 18.3 Å². The summed E-state index contributed by atoms with van der Waals surface area (Å²) in [4.78, 5) is 3.79. The first-order chi connectivity index (χ1) is 5.75. The second-order valence-electron chi connectivity index (χ2n) is 2.49. The van der Waals surface area contributed by atoms with Gasteiger partial charge in [0.2, 0.25) is 0 Å². The van der Waals surface area contributed by atoms with Crippen LogP contribution in [0.2, 0.25) is 0 Å². The van der Waals surface area contributed by atoms with E-state index in [4.69, 9.17) is 10.8 Å². The van der Waals surface area contributed by atoms with Gasteiger partial charge in [-0.15, -0.1) is 0 Å². The molecule has 12 heavy (non-hydrogen) atoms. The molecule has 0 amide bonds. The number of nitrogens with zero attached hydrogens (tertiary/aromatic N) is 1. The number of hydrogen-bond acceptors (Lipinski definition) is 3. The molecule has 0 radical (unpaired) electrons. The summed E-state index contributed by atoms with van der Waals surface area (Å²) in [6.45, 7) is -0.0584. The van der Waals surface area contributed by atoms with Crippen LogP contribution in [-0.2, 0) is 0 Å². The third kappa shape index (κ3) is 1.99. The monoisotopic (exact) mass is 170 g/mol. The summed E-state index contributed by atoms with van der Waals surface area (Å²) < 4.78 is 12.9. The first kappa shape index (κ1) is 9.09. The highest BCUT2D eigenvalue weighted by Gasteiger charge is 2.10. The number of aromatic nitrogens is 1. The highest BCUT2D eigenvalue weighted by Crippen LogP contribution is 2.13. The molecule has 0 spiro atoms. The van der Waals surface area contributed by atoms with Crippen molar-refractivity contribution in [1.29, 1.82) is 0 Å². The quantitative estimate of drug-likeness (QED) is 0.698. The molecule has 66 valence electrons. The molecule has 3 nitrogen and oxygen atoms in total. The second kappa shape index (κ2) is 4.13. The average Bonchev–Trinajstić information content (AvgIpc) is 2.05. The zero-order valence-electron chi connectivity index (χ0n) is 6.57. The van der Waals surface area contributed by atoms with E-state index in [1.54, 1.807) is 0 Å². The standard InChI is InChI=1S/C8H11FN2O/c9-6-2-1-4-11-8(6)7(10)3-5-12/h1-2,4,7,12H,3,5,10H2/t7-/m0/s1. The molecule has 4 heteroatoms. The van der Waals surface area contributed by atoms with Crippen LogP contribution in [0.15, 0.2) is 18.3 Å². The minimum Gasteiger partial charge on any atom is -0.396 e. The van der Waals surface area contributed by atoms with Crippen molar-refractivity contribution in [2.45, 2.75) is 12.5 Å². The molecule has 1 rings (SSSR count). The van der Waals surface area contributed by atoms with Gasteiger partial charge in [-0.05, 0) is 18.6 Å². The molecule has 0 saturated carbocycles. The van der Waals surface area contributed by atoms with Crippen LogP contribution < -0.4 is 5.73 Å². The fourth-order valence-electron chi connectivity index (χ4n) is 0.947. The molecule has 1 aromatic heterocycles. The zero-order valence-corrected chi connectivity index (χ0v) is 6.57. The van der Waals surface area contributed by atoms with Crippen molar-refractivity contribution in [1.82, 2.24) is 4.98 Å². The minimum absolute atomic E-state index is 0.0584. The van der Waals surface area contributed by atoms with Crippen LogP contribution in [0, 0.1) is 5.82 Å². The lowest BCUT2D eigenvalue weighted by atomic mass is 10.1. The SMILES string of the molecule is N[C@@H](CCO)c1ncccc1F. The summed E-state index contributed by atoms with van der Waals surface area (Å²) in [5.74, 6) is -0.418. The van der Waals surface area contributed by atoms with Crippen molar-refractivity contribution in [2.24, 2.45) is 5.73 Å². The van der Waals surface area contributed by atoms with Crippen LogP contribution in [0.4, 0.5) is 4.39 Å². The molecule has 0 aliphatic carbocycles. The average molecular weight is 170 g/mol. The normalized spacial score (nSPS) is 12.9. The molecule has 0 unspecified atom stereocenters. The van der Waals surface area contributed by atoms with Gasteiger partial charge in [-0.2, -0.15) is 0 Å². The van der Waals surface area contributed by atoms with Gasteiger partial charge in [-0.1, -0.05) is 0 Å². The van der Waals surface area contributed by atoms with E-state index >= 15 is 0 Å². The summed E-state index contributed by atoms with van der Waals surface area (Å²) in [7, 11) is 0. The molecule has 1 atom stereocenters. The number of pyridine rings is 1. The van der Waals surface area contributed by atoms with Crippen molar-refractivity contribution in [2.75, 3.05) is 6.61 Å². The van der Waals surface area contributed by atoms with Gasteiger partial charge in [0.25, 0.3) is 0 Å². The Labute approximate surface area is 70.0 Å². The summed E-state index contributed by atoms with van der Waals surface area (Å²) in [5, 5.41) is 8.56. The Balaban J connectivity index is 2.79. The molecular weight excluding hydrogens is 159 g/mol. The number of halogens is 1. The van der Waals surface area contributed by atoms with Crippen molar-refractivity contribution in [3.63, 3.8) is 0 Å². The summed E-state index contributed by atoms with van der Waals surface area (Å²) in [6.07, 6.45) is 1.81. The zero-order chi connectivity index (χ0) is 8.97. The molecule has 0 fully saturated rings. The van der Waals surface area contributed by atoms with Gasteiger partial charge < -0.3 is 10.8 Å². The molecule has 0 aromatic carbocycles. The van der Waals surface area contributed by atoms with Crippen LogP contribution in [-0.4, -0.2) is 16.7 Å². The lowest BCUT2D eigenvalue weighted by molar-refractivity contribution is 0.274. The number of hydrogen-bond donors (Lipinski definition) is 2. The van der Waals surface area contributed by atoms with E-state index in [0.29, 0.717) is 6.42 Å². The van der Waals surface area contributed by atoms with E-state index in [2.05, 4.69) is 4.98 Å². The Bertz CT molecular complexity index is 255. The third-order valence-corrected chi connectivity index (χ3v) is 1.58. The molecule has 3 N–H and O–H groups in total. The van der Waals surface area contributed by atoms with Gasteiger partial charge in [0.15, 0.2) is 0 Å². The number of rotatable bonds is 3. The fourth-order valence-corrected chi connectivity index (χ4v) is 0.947. The Morgan fingerprint density at radius 1 is 1.67 bits per heavy atom. The van der Waals surface area contributed by atoms with Gasteiger partial charge >= 0.3 is 0 Å². The van der Waals surface area contributed by atoms with Crippen molar-refractivity contribution in [3.05, 3.63) is 29.8 Å². The lowest BCUT2D eigenvalue weighted by Gasteiger charge is -2.08. The smallest absolute Gasteiger partial charge is 0.146 e. The van der Waals surface area contributed by atoms with E-state index in [9.17, 15) is 4.39 Å². The third-order valence-electron chi connectivity index (χ3n) is 1.58. The maximum absolute atomic E-state index is 12.9. The Morgan fingerprint density at radius 3 is 3.00 bits per heavy atom. The molecule has 1 aromatic rings. The maximum atomic E-state index is 12.9. The first-order valence-corrected chi connectivity index (χ1v) is 3.72. The summed E-state index contributed by atoms with van der Waals surface area (Å²) >= 11 is 0. The van der Waals surface area contributed by atoms with Crippen LogP contribution in [0.25, 0.3) is 0 Å². The molecule has 0 bridgehead atoms. The van der Waals surface area contributed by atoms with Crippen molar-refractivity contribution >= 4 is 0 Å². The number of aliphatic hydroxyl groups excluding tert-OH is 1. The van der Waals surface area contributed by atoms with E-state index in [1.807, 2.05) is 0 Å². The molecule has 0 aliphatic rings. The Hall–Kier alpha value is -1.00. The Morgan fingerprint density at radius 2 is 2.42 bits per heavy atom. The predicted octanol–water partition coefficient (Wildman–Crippen LogP) is 0.603. The van der Waals surface area contributed by atoms with Crippen LogP contribution >= 0.6 is 0 Å². The first-order valence-electron chi connectivity index (χ1n) is 3.72. The summed E-state index contributed by atoms with van der Waals surface area (Å²) in [6, 6.07) is 2.29. The highest BCUT2D eigenvalue weighted by atomic mass is 19.1. The van der Waals surface area contributed by atoms with E-state index in [0.717, 1.165) is 0 Å². The largest absolute Gasteiger partial charge is 0.396 e. The molecular formula is C8H11FN2O. The van der Waals surface area contributed by atoms with Gasteiger partial charge in [0, 0.05) is 12.8 Å². The van der Waals surface area contributed by atoms with Gasteiger partial charge in [0.05, 0.1) is 11.7 Å². The fraction of sp³-hybridized carbons (Fsp3) is 0.375. The van der Waals surface area contributed by atoms with Crippen molar-refractivity contribution < 1.29 is 9.50 Å². The van der Waals surface area contributed by atoms with Crippen LogP contribution in [0.3, 0.4) is 0 Å². The molecule has 0 saturated heterocycles. The second-order valence-corrected chi connectivity index (χ2v) is 2.49. The minimum atomic E-state index is -0.517. The number of aliphatic hydroxyl groups is 1. The van der Waals surface area contributed by atoms with Crippen molar-refractivity contribution in [3.8, 4) is 0 Å². The predicted molar refractivity (Wildman–Crippen MR) is 42.8 cm³/mol. The lowest BCUT2D eigenvalue weighted by Crippen LogP contribution is -2.15. The van der Waals surface area contributed by atoms with E-state index < -0.39 is 11.9 Å². The van der Waals surface area contributed by atoms with Crippen LogP contribution in [0.1, 0.15) is 18.2 Å².